The van der Waals surface area contributed by atoms with E-state index < -0.39 is 8.07 Å². The number of aromatic nitrogens is 2. The molecule has 80 valence electrons. The molecular formula is C10H20N2OSi. The summed E-state index contributed by atoms with van der Waals surface area (Å²) in [5.74, 6) is 0. The Balaban J connectivity index is 2.20. The fourth-order valence-electron chi connectivity index (χ4n) is 1.06. The molecule has 3 nitrogen and oxygen atoms in total. The molecule has 0 N–H and O–H groups in total. The molecule has 0 fully saturated rings. The maximum absolute atomic E-state index is 5.57. The molecule has 0 amide bonds. The van der Waals surface area contributed by atoms with Gasteiger partial charge in [-0.1, -0.05) is 19.6 Å². The van der Waals surface area contributed by atoms with Gasteiger partial charge in [0.15, 0.2) is 0 Å². The molecule has 0 saturated heterocycles. The Kier molecular flexibility index (Phi) is 3.89. The smallest absolute Gasteiger partial charge is 0.139 e. The SMILES string of the molecule is Cc1ccnn1COCC[Si](C)(C)C. The number of nitrogens with zero attached hydrogens (tertiary/aromatic N) is 2. The predicted octanol–water partition coefficient (Wildman–Crippen LogP) is 2.50. The first-order valence-electron chi connectivity index (χ1n) is 5.05. The van der Waals surface area contributed by atoms with E-state index in [1.165, 1.54) is 6.04 Å². The lowest BCUT2D eigenvalue weighted by Gasteiger charge is -2.15. The van der Waals surface area contributed by atoms with E-state index in [-0.39, 0.29) is 0 Å². The molecule has 0 saturated carbocycles. The number of aryl methyl sites for hydroxylation is 1. The quantitative estimate of drug-likeness (QED) is 0.554. The van der Waals surface area contributed by atoms with Crippen LogP contribution in [0.3, 0.4) is 0 Å². The van der Waals surface area contributed by atoms with Gasteiger partial charge in [0.05, 0.1) is 0 Å². The predicted molar refractivity (Wildman–Crippen MR) is 61.1 cm³/mol. The van der Waals surface area contributed by atoms with Gasteiger partial charge in [0.25, 0.3) is 0 Å². The van der Waals surface area contributed by atoms with Crippen LogP contribution in [0.5, 0.6) is 0 Å². The number of hydrogen-bond acceptors (Lipinski definition) is 2. The van der Waals surface area contributed by atoms with Crippen LogP contribution < -0.4 is 0 Å². The van der Waals surface area contributed by atoms with Crippen LogP contribution in [0, 0.1) is 6.92 Å². The molecule has 0 atom stereocenters. The van der Waals surface area contributed by atoms with Gasteiger partial charge in [-0.3, -0.25) is 0 Å². The van der Waals surface area contributed by atoms with Crippen LogP contribution >= 0.6 is 0 Å². The Bertz CT molecular complexity index is 278. The Morgan fingerprint density at radius 1 is 1.43 bits per heavy atom. The third-order valence-electron chi connectivity index (χ3n) is 2.14. The van der Waals surface area contributed by atoms with Gasteiger partial charge in [0.1, 0.15) is 6.73 Å². The molecular weight excluding hydrogens is 192 g/mol. The highest BCUT2D eigenvalue weighted by Gasteiger charge is 2.11. The van der Waals surface area contributed by atoms with Crippen molar-refractivity contribution in [2.75, 3.05) is 6.61 Å². The van der Waals surface area contributed by atoms with Crippen molar-refractivity contribution in [3.8, 4) is 0 Å². The zero-order valence-corrected chi connectivity index (χ0v) is 10.6. The standard InChI is InChI=1S/C10H20N2OSi/c1-10-5-6-11-12(10)9-13-7-8-14(2,3)4/h5-6H,7-9H2,1-4H3. The average molecular weight is 212 g/mol. The summed E-state index contributed by atoms with van der Waals surface area (Å²) in [6.07, 6.45) is 1.80. The van der Waals surface area contributed by atoms with E-state index >= 15 is 0 Å². The molecule has 0 aliphatic carbocycles. The molecule has 14 heavy (non-hydrogen) atoms. The minimum atomic E-state index is -0.948. The zero-order chi connectivity index (χ0) is 10.6. The van der Waals surface area contributed by atoms with Crippen molar-refractivity contribution < 1.29 is 4.74 Å². The summed E-state index contributed by atoms with van der Waals surface area (Å²) in [5.41, 5.74) is 1.15. The van der Waals surface area contributed by atoms with Crippen LogP contribution in [0.1, 0.15) is 5.69 Å². The number of rotatable bonds is 5. The summed E-state index contributed by atoms with van der Waals surface area (Å²) in [6.45, 7) is 10.5. The first kappa shape index (κ1) is 11.5. The van der Waals surface area contributed by atoms with E-state index in [1.54, 1.807) is 6.20 Å². The third kappa shape index (κ3) is 4.06. The first-order valence-corrected chi connectivity index (χ1v) is 8.76. The highest BCUT2D eigenvalue weighted by Crippen LogP contribution is 2.07. The van der Waals surface area contributed by atoms with Gasteiger partial charge in [0.2, 0.25) is 0 Å². The Morgan fingerprint density at radius 2 is 2.14 bits per heavy atom. The summed E-state index contributed by atoms with van der Waals surface area (Å²) in [6, 6.07) is 3.20. The first-order chi connectivity index (χ1) is 6.49. The lowest BCUT2D eigenvalue weighted by Crippen LogP contribution is -2.22. The normalized spacial score (nSPS) is 12.0. The zero-order valence-electron chi connectivity index (χ0n) is 9.58. The topological polar surface area (TPSA) is 27.1 Å². The van der Waals surface area contributed by atoms with Crippen molar-refractivity contribution in [1.29, 1.82) is 0 Å². The summed E-state index contributed by atoms with van der Waals surface area (Å²) in [4.78, 5) is 0. The van der Waals surface area contributed by atoms with Crippen LogP contribution in [0.4, 0.5) is 0 Å². The largest absolute Gasteiger partial charge is 0.360 e. The number of ether oxygens (including phenoxy) is 1. The van der Waals surface area contributed by atoms with E-state index in [4.69, 9.17) is 4.74 Å². The second-order valence-corrected chi connectivity index (χ2v) is 10.4. The molecule has 1 aromatic heterocycles. The lowest BCUT2D eigenvalue weighted by atomic mass is 10.5. The molecule has 0 aliphatic rings. The maximum atomic E-state index is 5.57. The molecule has 4 heteroatoms. The van der Waals surface area contributed by atoms with Crippen LogP contribution in [-0.2, 0) is 11.5 Å². The van der Waals surface area contributed by atoms with Crippen molar-refractivity contribution in [3.05, 3.63) is 18.0 Å². The van der Waals surface area contributed by atoms with Crippen LogP contribution in [0.15, 0.2) is 12.3 Å². The highest BCUT2D eigenvalue weighted by molar-refractivity contribution is 6.76. The summed E-state index contributed by atoms with van der Waals surface area (Å²) < 4.78 is 7.45. The van der Waals surface area contributed by atoms with Gasteiger partial charge < -0.3 is 4.74 Å². The Hall–Kier alpha value is -0.613. The molecule has 1 aromatic rings. The third-order valence-corrected chi connectivity index (χ3v) is 3.84. The molecule has 0 radical (unpaired) electrons. The van der Waals surface area contributed by atoms with E-state index in [2.05, 4.69) is 24.7 Å². The molecule has 0 aromatic carbocycles. The molecule has 0 unspecified atom stereocenters. The fourth-order valence-corrected chi connectivity index (χ4v) is 1.82. The van der Waals surface area contributed by atoms with Crippen LogP contribution in [-0.4, -0.2) is 24.5 Å². The van der Waals surface area contributed by atoms with Crippen molar-refractivity contribution in [2.24, 2.45) is 0 Å². The van der Waals surface area contributed by atoms with Crippen LogP contribution in [0.25, 0.3) is 0 Å². The van der Waals surface area contributed by atoms with Gasteiger partial charge in [-0.05, 0) is 19.0 Å². The maximum Gasteiger partial charge on any atom is 0.139 e. The van der Waals surface area contributed by atoms with Crippen molar-refractivity contribution >= 4 is 8.07 Å². The van der Waals surface area contributed by atoms with Crippen LogP contribution in [0.2, 0.25) is 25.7 Å². The van der Waals surface area contributed by atoms with Gasteiger partial charge >= 0.3 is 0 Å². The van der Waals surface area contributed by atoms with E-state index in [0.717, 1.165) is 12.3 Å². The highest BCUT2D eigenvalue weighted by atomic mass is 28.3. The van der Waals surface area contributed by atoms with Gasteiger partial charge in [-0.25, -0.2) is 4.68 Å². The fraction of sp³-hybridized carbons (Fsp3) is 0.700. The molecule has 0 spiro atoms. The van der Waals surface area contributed by atoms with E-state index in [0.29, 0.717) is 6.73 Å². The van der Waals surface area contributed by atoms with Gasteiger partial charge in [-0.2, -0.15) is 5.10 Å². The Morgan fingerprint density at radius 3 is 2.64 bits per heavy atom. The van der Waals surface area contributed by atoms with Crippen molar-refractivity contribution in [2.45, 2.75) is 39.3 Å². The summed E-state index contributed by atoms with van der Waals surface area (Å²) in [7, 11) is -0.948. The van der Waals surface area contributed by atoms with Crippen molar-refractivity contribution in [1.82, 2.24) is 9.78 Å². The minimum Gasteiger partial charge on any atom is -0.360 e. The van der Waals surface area contributed by atoms with Crippen molar-refractivity contribution in [3.63, 3.8) is 0 Å². The summed E-state index contributed by atoms with van der Waals surface area (Å²) >= 11 is 0. The van der Waals surface area contributed by atoms with Gasteiger partial charge in [-0.15, -0.1) is 0 Å². The second kappa shape index (κ2) is 4.75. The Labute approximate surface area is 87.1 Å². The lowest BCUT2D eigenvalue weighted by molar-refractivity contribution is 0.0771. The molecule has 0 aliphatic heterocycles. The minimum absolute atomic E-state index is 0.587. The van der Waals surface area contributed by atoms with Gasteiger partial charge in [0, 0.05) is 26.6 Å². The number of hydrogen-bond donors (Lipinski definition) is 0. The molecule has 1 rings (SSSR count). The monoisotopic (exact) mass is 212 g/mol. The molecule has 0 bridgehead atoms. The average Bonchev–Trinajstić information content (AvgIpc) is 2.44. The van der Waals surface area contributed by atoms with E-state index in [9.17, 15) is 0 Å². The van der Waals surface area contributed by atoms with E-state index in [1.807, 2.05) is 17.7 Å². The molecule has 1 heterocycles. The second-order valence-electron chi connectivity index (χ2n) is 4.82. The summed E-state index contributed by atoms with van der Waals surface area (Å²) in [5, 5.41) is 4.15.